The monoisotopic (exact) mass is 484 g/mol. The van der Waals surface area contributed by atoms with Crippen LogP contribution < -0.4 is 0 Å². The molecule has 4 heterocycles. The third-order valence-electron chi connectivity index (χ3n) is 7.82. The van der Waals surface area contributed by atoms with Gasteiger partial charge in [-0.25, -0.2) is 24.3 Å². The summed E-state index contributed by atoms with van der Waals surface area (Å²) in [7, 11) is 0. The summed E-state index contributed by atoms with van der Waals surface area (Å²) >= 11 is 0. The van der Waals surface area contributed by atoms with Crippen LogP contribution in [0.3, 0.4) is 0 Å². The molecule has 8 heteroatoms. The SMILES string of the molecule is Cc1nc2nc(C3CCOC(c4cnn(C5CC5)c4)C3)nc(-c3ccc(C4CC4)cc3F)c2nc1C. The molecule has 184 valence electrons. The summed E-state index contributed by atoms with van der Waals surface area (Å²) in [6.07, 6.45) is 10.2. The Bertz CT molecular complexity index is 1470. The average Bonchev–Trinajstić information content (AvgIpc) is 3.83. The van der Waals surface area contributed by atoms with Gasteiger partial charge in [0.2, 0.25) is 0 Å². The molecule has 3 aromatic heterocycles. The molecule has 2 saturated carbocycles. The number of rotatable bonds is 5. The molecule has 1 saturated heterocycles. The van der Waals surface area contributed by atoms with Gasteiger partial charge < -0.3 is 4.74 Å². The fourth-order valence-electron chi connectivity index (χ4n) is 5.21. The number of aromatic nitrogens is 6. The van der Waals surface area contributed by atoms with Gasteiger partial charge in [0.25, 0.3) is 0 Å². The summed E-state index contributed by atoms with van der Waals surface area (Å²) in [5.41, 5.74) is 5.83. The Morgan fingerprint density at radius 2 is 1.75 bits per heavy atom. The number of benzene rings is 1. The maximum Gasteiger partial charge on any atom is 0.182 e. The highest BCUT2D eigenvalue weighted by molar-refractivity contribution is 5.87. The van der Waals surface area contributed by atoms with Crippen LogP contribution in [0.1, 0.15) is 90.8 Å². The number of aryl methyl sites for hydroxylation is 2. The van der Waals surface area contributed by atoms with E-state index >= 15 is 4.39 Å². The molecule has 0 N–H and O–H groups in total. The van der Waals surface area contributed by atoms with Crippen molar-refractivity contribution in [2.75, 3.05) is 6.61 Å². The standard InChI is InChI=1S/C28H29FN6O/c1-15-16(2)32-28-26(31-15)25(22-8-5-18(11-23(22)29)17-3-4-17)33-27(34-28)19-9-10-36-24(12-19)20-13-30-35(14-20)21-6-7-21/h5,8,11,13-14,17,19,21,24H,3-4,6-7,9-10,12H2,1-2H3. The van der Waals surface area contributed by atoms with E-state index in [-0.39, 0.29) is 17.8 Å². The van der Waals surface area contributed by atoms with E-state index in [1.165, 1.54) is 12.8 Å². The van der Waals surface area contributed by atoms with Crippen LogP contribution in [0.4, 0.5) is 4.39 Å². The van der Waals surface area contributed by atoms with Gasteiger partial charge >= 0.3 is 0 Å². The van der Waals surface area contributed by atoms with Crippen molar-refractivity contribution in [1.29, 1.82) is 0 Å². The van der Waals surface area contributed by atoms with Gasteiger partial charge in [-0.15, -0.1) is 0 Å². The molecule has 36 heavy (non-hydrogen) atoms. The Labute approximate surface area is 209 Å². The lowest BCUT2D eigenvalue weighted by molar-refractivity contribution is 0.00396. The molecule has 0 spiro atoms. The highest BCUT2D eigenvalue weighted by atomic mass is 19.1. The predicted molar refractivity (Wildman–Crippen MR) is 133 cm³/mol. The Morgan fingerprint density at radius 3 is 2.53 bits per heavy atom. The van der Waals surface area contributed by atoms with Crippen molar-refractivity contribution in [2.24, 2.45) is 0 Å². The van der Waals surface area contributed by atoms with Gasteiger partial charge in [-0.05, 0) is 76.0 Å². The summed E-state index contributed by atoms with van der Waals surface area (Å²) in [5.74, 6) is 0.985. The van der Waals surface area contributed by atoms with Crippen LogP contribution in [0.15, 0.2) is 30.6 Å². The summed E-state index contributed by atoms with van der Waals surface area (Å²) in [5, 5.41) is 4.54. The van der Waals surface area contributed by atoms with Crippen LogP contribution in [-0.4, -0.2) is 36.3 Å². The van der Waals surface area contributed by atoms with Crippen molar-refractivity contribution in [3.63, 3.8) is 0 Å². The third-order valence-corrected chi connectivity index (χ3v) is 7.82. The Balaban J connectivity index is 1.28. The van der Waals surface area contributed by atoms with Crippen LogP contribution in [-0.2, 0) is 4.74 Å². The quantitative estimate of drug-likeness (QED) is 0.352. The lowest BCUT2D eigenvalue weighted by Gasteiger charge is -2.28. The van der Waals surface area contributed by atoms with Gasteiger partial charge in [0.1, 0.15) is 22.9 Å². The van der Waals surface area contributed by atoms with Crippen LogP contribution in [0, 0.1) is 19.7 Å². The molecule has 7 rings (SSSR count). The van der Waals surface area contributed by atoms with E-state index in [2.05, 4.69) is 16.0 Å². The summed E-state index contributed by atoms with van der Waals surface area (Å²) in [6.45, 7) is 4.46. The Morgan fingerprint density at radius 1 is 0.917 bits per heavy atom. The molecule has 3 aliphatic rings. The highest BCUT2D eigenvalue weighted by Gasteiger charge is 2.31. The zero-order valence-corrected chi connectivity index (χ0v) is 20.6. The van der Waals surface area contributed by atoms with E-state index < -0.39 is 0 Å². The average molecular weight is 485 g/mol. The molecule has 2 atom stereocenters. The van der Waals surface area contributed by atoms with Crippen molar-refractivity contribution >= 4 is 11.2 Å². The lowest BCUT2D eigenvalue weighted by atomic mass is 9.92. The Kier molecular flexibility index (Phi) is 5.13. The first-order chi connectivity index (χ1) is 17.5. The van der Waals surface area contributed by atoms with E-state index in [0.717, 1.165) is 48.2 Å². The Hall–Kier alpha value is -3.26. The number of hydrogen-bond donors (Lipinski definition) is 0. The molecule has 0 radical (unpaired) electrons. The molecular formula is C28H29FN6O. The molecule has 2 unspecified atom stereocenters. The summed E-state index contributed by atoms with van der Waals surface area (Å²) < 4.78 is 23.6. The summed E-state index contributed by atoms with van der Waals surface area (Å²) in [6, 6.07) is 6.08. The second kappa shape index (κ2) is 8.40. The first-order valence-electron chi connectivity index (χ1n) is 13.0. The molecule has 1 aliphatic heterocycles. The highest BCUT2D eigenvalue weighted by Crippen LogP contribution is 2.42. The molecule has 0 bridgehead atoms. The molecule has 1 aromatic carbocycles. The molecule has 4 aromatic rings. The minimum absolute atomic E-state index is 0.0561. The maximum atomic E-state index is 15.4. The predicted octanol–water partition coefficient (Wildman–Crippen LogP) is 5.89. The van der Waals surface area contributed by atoms with E-state index in [1.54, 1.807) is 6.07 Å². The smallest absolute Gasteiger partial charge is 0.182 e. The normalized spacial score (nSPS) is 22.3. The minimum atomic E-state index is -0.261. The van der Waals surface area contributed by atoms with Crippen LogP contribution in [0.25, 0.3) is 22.4 Å². The molecular weight excluding hydrogens is 455 g/mol. The first kappa shape index (κ1) is 22.0. The molecule has 0 amide bonds. The van der Waals surface area contributed by atoms with Crippen molar-refractivity contribution in [1.82, 2.24) is 29.7 Å². The lowest BCUT2D eigenvalue weighted by Crippen LogP contribution is -2.20. The van der Waals surface area contributed by atoms with Gasteiger partial charge in [0.15, 0.2) is 5.65 Å². The molecule has 2 aliphatic carbocycles. The van der Waals surface area contributed by atoms with Crippen molar-refractivity contribution < 1.29 is 9.13 Å². The van der Waals surface area contributed by atoms with Crippen LogP contribution >= 0.6 is 0 Å². The van der Waals surface area contributed by atoms with Crippen molar-refractivity contribution in [3.05, 3.63) is 64.7 Å². The van der Waals surface area contributed by atoms with E-state index in [0.29, 0.717) is 46.8 Å². The molecule has 7 nitrogen and oxygen atoms in total. The first-order valence-corrected chi connectivity index (χ1v) is 13.0. The minimum Gasteiger partial charge on any atom is -0.373 e. The van der Waals surface area contributed by atoms with Gasteiger partial charge in [0, 0.05) is 29.8 Å². The fourth-order valence-corrected chi connectivity index (χ4v) is 5.21. The second-order valence-electron chi connectivity index (χ2n) is 10.6. The van der Waals surface area contributed by atoms with Crippen molar-refractivity contribution in [2.45, 2.75) is 76.4 Å². The van der Waals surface area contributed by atoms with E-state index in [1.807, 2.05) is 32.2 Å². The number of hydrogen-bond acceptors (Lipinski definition) is 6. The number of ether oxygens (including phenoxy) is 1. The van der Waals surface area contributed by atoms with Gasteiger partial charge in [-0.2, -0.15) is 5.10 Å². The van der Waals surface area contributed by atoms with E-state index in [9.17, 15) is 0 Å². The zero-order valence-electron chi connectivity index (χ0n) is 20.6. The maximum absolute atomic E-state index is 15.4. The fraction of sp³-hybridized carbons (Fsp3) is 0.464. The number of nitrogens with zero attached hydrogens (tertiary/aromatic N) is 6. The van der Waals surface area contributed by atoms with Crippen LogP contribution in [0.5, 0.6) is 0 Å². The number of halogens is 1. The second-order valence-corrected chi connectivity index (χ2v) is 10.6. The summed E-state index contributed by atoms with van der Waals surface area (Å²) in [4.78, 5) is 19.3. The van der Waals surface area contributed by atoms with Gasteiger partial charge in [-0.1, -0.05) is 6.07 Å². The molecule has 3 fully saturated rings. The topological polar surface area (TPSA) is 78.6 Å². The number of fused-ring (bicyclic) bond motifs is 1. The third kappa shape index (κ3) is 3.97. The van der Waals surface area contributed by atoms with E-state index in [4.69, 9.17) is 24.7 Å². The largest absolute Gasteiger partial charge is 0.373 e. The van der Waals surface area contributed by atoms with Crippen molar-refractivity contribution in [3.8, 4) is 11.3 Å². The van der Waals surface area contributed by atoms with Gasteiger partial charge in [-0.3, -0.25) is 4.68 Å². The van der Waals surface area contributed by atoms with Gasteiger partial charge in [0.05, 0.1) is 29.7 Å². The van der Waals surface area contributed by atoms with Crippen LogP contribution in [0.2, 0.25) is 0 Å². The zero-order chi connectivity index (χ0) is 24.4.